The van der Waals surface area contributed by atoms with Crippen LogP contribution < -0.4 is 16.4 Å². The van der Waals surface area contributed by atoms with Crippen molar-refractivity contribution in [2.45, 2.75) is 12.5 Å². The summed E-state index contributed by atoms with van der Waals surface area (Å²) in [5.41, 5.74) is 7.67. The first kappa shape index (κ1) is 13.1. The molecular formula is C13H14N3O3. The summed E-state index contributed by atoms with van der Waals surface area (Å²) in [5, 5.41) is 15.7. The Balaban J connectivity index is 2.11. The lowest BCUT2D eigenvalue weighted by atomic mass is 10.00. The fraction of sp³-hybridized carbons (Fsp3) is 0.231. The van der Waals surface area contributed by atoms with E-state index in [4.69, 9.17) is 10.8 Å². The molecule has 1 radical (unpaired) electrons. The van der Waals surface area contributed by atoms with Gasteiger partial charge in [0.15, 0.2) is 0 Å². The Bertz CT molecular complexity index is 540. The Morgan fingerprint density at radius 3 is 2.79 bits per heavy atom. The van der Waals surface area contributed by atoms with E-state index in [1.54, 1.807) is 6.20 Å². The fourth-order valence-electron chi connectivity index (χ4n) is 1.91. The third kappa shape index (κ3) is 2.92. The number of fused-ring (bicyclic) bond motifs is 1. The van der Waals surface area contributed by atoms with Crippen molar-refractivity contribution in [1.29, 1.82) is 0 Å². The second-order valence-electron chi connectivity index (χ2n) is 4.17. The van der Waals surface area contributed by atoms with Gasteiger partial charge in [0.2, 0.25) is 5.91 Å². The molecule has 6 heteroatoms. The quantitative estimate of drug-likeness (QED) is 0.702. The maximum Gasteiger partial charge on any atom is 0.326 e. The monoisotopic (exact) mass is 260 g/mol. The molecule has 0 fully saturated rings. The topological polar surface area (TPSA) is 107 Å². The zero-order valence-electron chi connectivity index (χ0n) is 10.2. The molecule has 0 spiro atoms. The lowest BCUT2D eigenvalue weighted by Crippen LogP contribution is -2.43. The second kappa shape index (κ2) is 5.53. The molecule has 0 aromatic heterocycles. The minimum atomic E-state index is -1.09. The van der Waals surface area contributed by atoms with E-state index < -0.39 is 17.9 Å². The van der Waals surface area contributed by atoms with Crippen LogP contribution in [0.3, 0.4) is 0 Å². The molecular weight excluding hydrogens is 246 g/mol. The number of carboxylic acid groups (broad SMARTS) is 1. The van der Waals surface area contributed by atoms with Gasteiger partial charge in [0, 0.05) is 18.2 Å². The number of rotatable bonds is 5. The molecule has 1 aromatic carbocycles. The Kier molecular flexibility index (Phi) is 3.82. The van der Waals surface area contributed by atoms with Crippen molar-refractivity contribution in [3.63, 3.8) is 0 Å². The SMILES string of the molecule is NCC(=O)NC(CC1=C[N]c2ccccc21)C(=O)O. The third-order valence-corrected chi connectivity index (χ3v) is 2.85. The minimum absolute atomic E-state index is 0.182. The minimum Gasteiger partial charge on any atom is -0.480 e. The second-order valence-corrected chi connectivity index (χ2v) is 4.17. The fourth-order valence-corrected chi connectivity index (χ4v) is 1.91. The van der Waals surface area contributed by atoms with Gasteiger partial charge in [-0.25, -0.2) is 4.79 Å². The maximum absolute atomic E-state index is 11.2. The molecule has 1 aliphatic rings. The maximum atomic E-state index is 11.2. The van der Waals surface area contributed by atoms with E-state index >= 15 is 0 Å². The van der Waals surface area contributed by atoms with Gasteiger partial charge >= 0.3 is 5.97 Å². The summed E-state index contributed by atoms with van der Waals surface area (Å²) in [6.45, 7) is -0.232. The first-order chi connectivity index (χ1) is 9.11. The van der Waals surface area contributed by atoms with Crippen molar-refractivity contribution in [3.05, 3.63) is 36.0 Å². The molecule has 0 saturated heterocycles. The molecule has 0 aliphatic carbocycles. The number of nitrogens with zero attached hydrogens (tertiary/aromatic N) is 1. The highest BCUT2D eigenvalue weighted by atomic mass is 16.4. The van der Waals surface area contributed by atoms with Crippen molar-refractivity contribution < 1.29 is 14.7 Å². The molecule has 0 bridgehead atoms. The number of nitrogens with two attached hydrogens (primary N) is 1. The van der Waals surface area contributed by atoms with Crippen LogP contribution in [0.4, 0.5) is 5.69 Å². The summed E-state index contributed by atoms with van der Waals surface area (Å²) in [6.07, 6.45) is 1.82. The van der Waals surface area contributed by atoms with E-state index in [0.29, 0.717) is 0 Å². The smallest absolute Gasteiger partial charge is 0.326 e. The summed E-state index contributed by atoms with van der Waals surface area (Å²) in [4.78, 5) is 22.3. The number of amides is 1. The van der Waals surface area contributed by atoms with E-state index in [0.717, 1.165) is 16.8 Å². The summed E-state index contributed by atoms with van der Waals surface area (Å²) in [6, 6.07) is 6.46. The van der Waals surface area contributed by atoms with Crippen molar-refractivity contribution in [1.82, 2.24) is 10.6 Å². The van der Waals surface area contributed by atoms with Gasteiger partial charge < -0.3 is 16.2 Å². The number of carboxylic acids is 1. The predicted octanol–water partition coefficient (Wildman–Crippen LogP) is 0.195. The van der Waals surface area contributed by atoms with Gasteiger partial charge in [-0.2, -0.15) is 0 Å². The predicted molar refractivity (Wildman–Crippen MR) is 69.5 cm³/mol. The first-order valence-electron chi connectivity index (χ1n) is 5.83. The Morgan fingerprint density at radius 2 is 2.11 bits per heavy atom. The van der Waals surface area contributed by atoms with Gasteiger partial charge in [0.05, 0.1) is 12.2 Å². The van der Waals surface area contributed by atoms with E-state index in [-0.39, 0.29) is 13.0 Å². The van der Waals surface area contributed by atoms with Crippen LogP contribution in [0.25, 0.3) is 5.57 Å². The molecule has 1 amide bonds. The van der Waals surface area contributed by atoms with Crippen molar-refractivity contribution in [3.8, 4) is 0 Å². The summed E-state index contributed by atoms with van der Waals surface area (Å²) in [7, 11) is 0. The van der Waals surface area contributed by atoms with E-state index in [9.17, 15) is 9.59 Å². The van der Waals surface area contributed by atoms with Crippen LogP contribution in [0, 0.1) is 0 Å². The van der Waals surface area contributed by atoms with Gasteiger partial charge in [-0.05, 0) is 11.6 Å². The average Bonchev–Trinajstić information content (AvgIpc) is 2.81. The molecule has 99 valence electrons. The normalized spacial score (nSPS) is 14.1. The number of carbonyl (C=O) groups excluding carboxylic acids is 1. The van der Waals surface area contributed by atoms with Crippen LogP contribution in [-0.4, -0.2) is 29.6 Å². The van der Waals surface area contributed by atoms with Crippen molar-refractivity contribution >= 4 is 23.1 Å². The number of aliphatic carboxylic acids is 1. The Morgan fingerprint density at radius 1 is 1.37 bits per heavy atom. The zero-order valence-corrected chi connectivity index (χ0v) is 10.2. The standard InChI is InChI=1S/C13H14N3O3/c14-6-12(17)16-11(13(18)19)5-8-7-15-10-4-2-1-3-9(8)10/h1-4,7,11H,5-6,14H2,(H,16,17)(H,18,19). The molecule has 1 aliphatic heterocycles. The number of hydrogen-bond donors (Lipinski definition) is 3. The number of para-hydroxylation sites is 1. The highest BCUT2D eigenvalue weighted by Gasteiger charge is 2.24. The van der Waals surface area contributed by atoms with E-state index in [2.05, 4.69) is 10.6 Å². The van der Waals surface area contributed by atoms with Crippen LogP contribution in [0.1, 0.15) is 12.0 Å². The first-order valence-corrected chi connectivity index (χ1v) is 5.83. The van der Waals surface area contributed by atoms with Crippen LogP contribution in [-0.2, 0) is 9.59 Å². The van der Waals surface area contributed by atoms with Crippen LogP contribution >= 0.6 is 0 Å². The highest BCUT2D eigenvalue weighted by molar-refractivity contribution is 5.88. The number of carbonyl (C=O) groups is 2. The van der Waals surface area contributed by atoms with Gasteiger partial charge in [0.1, 0.15) is 6.04 Å². The summed E-state index contributed by atoms with van der Waals surface area (Å²) in [5.74, 6) is -1.58. The Labute approximate surface area is 110 Å². The largest absolute Gasteiger partial charge is 0.480 e. The molecule has 0 saturated carbocycles. The molecule has 1 aromatic rings. The van der Waals surface area contributed by atoms with Crippen LogP contribution in [0.15, 0.2) is 30.5 Å². The third-order valence-electron chi connectivity index (χ3n) is 2.85. The number of nitrogens with one attached hydrogen (secondary N) is 1. The number of benzene rings is 1. The summed E-state index contributed by atoms with van der Waals surface area (Å²) >= 11 is 0. The van der Waals surface area contributed by atoms with Crippen molar-refractivity contribution in [2.24, 2.45) is 5.73 Å². The molecule has 1 heterocycles. The van der Waals surface area contributed by atoms with Gasteiger partial charge in [-0.1, -0.05) is 18.2 Å². The summed E-state index contributed by atoms with van der Waals surface area (Å²) < 4.78 is 0. The highest BCUT2D eigenvalue weighted by Crippen LogP contribution is 2.32. The molecule has 1 atom stereocenters. The molecule has 19 heavy (non-hydrogen) atoms. The Hall–Kier alpha value is -2.34. The van der Waals surface area contributed by atoms with Crippen molar-refractivity contribution in [2.75, 3.05) is 6.54 Å². The zero-order chi connectivity index (χ0) is 13.8. The van der Waals surface area contributed by atoms with Gasteiger partial charge in [0.25, 0.3) is 0 Å². The molecule has 6 nitrogen and oxygen atoms in total. The average molecular weight is 260 g/mol. The molecule has 4 N–H and O–H groups in total. The van der Waals surface area contributed by atoms with Gasteiger partial charge in [-0.3, -0.25) is 10.1 Å². The lowest BCUT2D eigenvalue weighted by Gasteiger charge is -2.14. The molecule has 2 rings (SSSR count). The van der Waals surface area contributed by atoms with E-state index in [1.807, 2.05) is 24.3 Å². The number of hydrogen-bond acceptors (Lipinski definition) is 3. The van der Waals surface area contributed by atoms with Crippen LogP contribution in [0.2, 0.25) is 0 Å². The van der Waals surface area contributed by atoms with Crippen LogP contribution in [0.5, 0.6) is 0 Å². The molecule has 1 unspecified atom stereocenters. The van der Waals surface area contributed by atoms with Gasteiger partial charge in [-0.15, -0.1) is 0 Å². The lowest BCUT2D eigenvalue weighted by molar-refractivity contribution is -0.141. The van der Waals surface area contributed by atoms with E-state index in [1.165, 1.54) is 0 Å².